The third kappa shape index (κ3) is 1.48. The molecule has 1 aromatic heterocycles. The number of aliphatic hydroxyl groups is 1. The van der Waals surface area contributed by atoms with Crippen LogP contribution in [-0.4, -0.2) is 33.2 Å². The van der Waals surface area contributed by atoms with Crippen LogP contribution in [0.1, 0.15) is 10.4 Å². The summed E-state index contributed by atoms with van der Waals surface area (Å²) in [6.07, 6.45) is 1.66. The van der Waals surface area contributed by atoms with Gasteiger partial charge in [-0.2, -0.15) is 5.10 Å². The Bertz CT molecular complexity index is 692. The molecule has 0 bridgehead atoms. The largest absolute Gasteiger partial charge is 0.394 e. The van der Waals surface area contributed by atoms with Gasteiger partial charge >= 0.3 is 0 Å². The van der Waals surface area contributed by atoms with Gasteiger partial charge in [-0.3, -0.25) is 14.3 Å². The molecule has 0 saturated heterocycles. The molecule has 1 aliphatic rings. The van der Waals surface area contributed by atoms with Crippen molar-refractivity contribution in [1.82, 2.24) is 9.78 Å². The number of anilines is 1. The Hall–Kier alpha value is -1.73. The topological polar surface area (TPSA) is 84.2 Å². The molecule has 2 N–H and O–H groups in total. The molecule has 18 heavy (non-hydrogen) atoms. The fourth-order valence-electron chi connectivity index (χ4n) is 2.05. The number of benzene rings is 1. The number of fused-ring (bicyclic) bond motifs is 3. The zero-order chi connectivity index (χ0) is 12.9. The minimum atomic E-state index is -0.626. The molecule has 0 radical (unpaired) electrons. The minimum Gasteiger partial charge on any atom is -0.394 e. The lowest BCUT2D eigenvalue weighted by Crippen LogP contribution is -2.12. The number of hydrogen-bond acceptors (Lipinski definition) is 4. The lowest BCUT2D eigenvalue weighted by atomic mass is 10.1. The zero-order valence-electron chi connectivity index (χ0n) is 9.11. The van der Waals surface area contributed by atoms with Crippen molar-refractivity contribution in [3.63, 3.8) is 0 Å². The number of ketones is 1. The van der Waals surface area contributed by atoms with E-state index in [1.807, 2.05) is 0 Å². The number of hydrogen-bond donors (Lipinski definition) is 2. The van der Waals surface area contributed by atoms with Gasteiger partial charge in [0.1, 0.15) is 5.52 Å². The smallest absolute Gasteiger partial charge is 0.296 e. The first-order chi connectivity index (χ1) is 8.61. The van der Waals surface area contributed by atoms with Gasteiger partial charge in [0, 0.05) is 16.1 Å². The van der Waals surface area contributed by atoms with Crippen LogP contribution in [0.15, 0.2) is 16.7 Å². The minimum absolute atomic E-state index is 0.0427. The summed E-state index contributed by atoms with van der Waals surface area (Å²) in [6, 6.07) is 1.66. The maximum atomic E-state index is 11.8. The Labute approximate surface area is 110 Å². The average molecular weight is 310 g/mol. The predicted octanol–water partition coefficient (Wildman–Crippen LogP) is 0.926. The normalized spacial score (nSPS) is 14.1. The Kier molecular flexibility index (Phi) is 2.46. The summed E-state index contributed by atoms with van der Waals surface area (Å²) in [5, 5.41) is 16.3. The van der Waals surface area contributed by atoms with E-state index < -0.39 is 11.7 Å². The predicted molar refractivity (Wildman–Crippen MR) is 67.5 cm³/mol. The van der Waals surface area contributed by atoms with Crippen LogP contribution >= 0.6 is 15.9 Å². The number of carbonyl (C=O) groups excluding carboxylic acids is 2. The molecule has 7 heteroatoms. The van der Waals surface area contributed by atoms with E-state index in [9.17, 15) is 9.59 Å². The highest BCUT2D eigenvalue weighted by molar-refractivity contribution is 9.10. The first-order valence-electron chi connectivity index (χ1n) is 5.28. The molecule has 1 amide bonds. The zero-order valence-corrected chi connectivity index (χ0v) is 10.7. The lowest BCUT2D eigenvalue weighted by molar-refractivity contribution is -0.112. The van der Waals surface area contributed by atoms with Gasteiger partial charge in [-0.05, 0) is 22.0 Å². The van der Waals surface area contributed by atoms with Gasteiger partial charge in [-0.25, -0.2) is 0 Å². The maximum absolute atomic E-state index is 11.8. The molecule has 2 aromatic rings. The summed E-state index contributed by atoms with van der Waals surface area (Å²) in [5.74, 6) is -1.18. The molecule has 0 fully saturated rings. The summed E-state index contributed by atoms with van der Waals surface area (Å²) in [7, 11) is 0. The van der Waals surface area contributed by atoms with Crippen molar-refractivity contribution < 1.29 is 14.7 Å². The summed E-state index contributed by atoms with van der Waals surface area (Å²) in [4.78, 5) is 23.2. The van der Waals surface area contributed by atoms with E-state index in [-0.39, 0.29) is 6.61 Å². The first kappa shape index (κ1) is 11.4. The van der Waals surface area contributed by atoms with E-state index >= 15 is 0 Å². The van der Waals surface area contributed by atoms with E-state index in [0.717, 1.165) is 0 Å². The number of Topliss-reactive ketones (excluding diaryl/α,β-unsaturated/α-hetero) is 1. The van der Waals surface area contributed by atoms with Crippen molar-refractivity contribution in [2.75, 3.05) is 11.9 Å². The molecule has 3 rings (SSSR count). The average Bonchev–Trinajstić information content (AvgIpc) is 2.83. The quantitative estimate of drug-likeness (QED) is 0.808. The van der Waals surface area contributed by atoms with Crippen LogP contribution in [0, 0.1) is 0 Å². The van der Waals surface area contributed by atoms with Gasteiger partial charge in [-0.1, -0.05) is 0 Å². The SMILES string of the molecule is O=C1Nc2cc(Br)c3nn(CCO)cc3c2C1=O. The molecule has 0 aliphatic carbocycles. The molecule has 0 atom stereocenters. The Morgan fingerprint density at radius 3 is 2.94 bits per heavy atom. The molecule has 6 nitrogen and oxygen atoms in total. The number of nitrogens with zero attached hydrogens (tertiary/aromatic N) is 2. The fourth-order valence-corrected chi connectivity index (χ4v) is 2.57. The number of amides is 1. The van der Waals surface area contributed by atoms with Crippen molar-refractivity contribution in [2.45, 2.75) is 6.54 Å². The van der Waals surface area contributed by atoms with E-state index in [1.165, 1.54) is 0 Å². The van der Waals surface area contributed by atoms with E-state index in [1.54, 1.807) is 16.9 Å². The van der Waals surface area contributed by atoms with Gasteiger partial charge in [0.2, 0.25) is 0 Å². The van der Waals surface area contributed by atoms with Crippen LogP contribution in [0.25, 0.3) is 10.9 Å². The van der Waals surface area contributed by atoms with Crippen molar-refractivity contribution >= 4 is 44.2 Å². The van der Waals surface area contributed by atoms with Crippen LogP contribution in [0.4, 0.5) is 5.69 Å². The number of carbonyl (C=O) groups is 2. The molecule has 0 unspecified atom stereocenters. The number of aliphatic hydroxyl groups excluding tert-OH is 1. The Balaban J connectivity index is 2.31. The third-order valence-electron chi connectivity index (χ3n) is 2.81. The number of halogens is 1. The maximum Gasteiger partial charge on any atom is 0.296 e. The van der Waals surface area contributed by atoms with E-state index in [2.05, 4.69) is 26.3 Å². The van der Waals surface area contributed by atoms with Gasteiger partial charge in [-0.15, -0.1) is 0 Å². The standard InChI is InChI=1S/C11H8BrN3O3/c12-6-3-7-8(10(17)11(18)13-7)5-4-15(1-2-16)14-9(5)6/h3-4,16H,1-2H2,(H,13,17,18). The summed E-state index contributed by atoms with van der Waals surface area (Å²) >= 11 is 3.35. The molecule has 1 aliphatic heterocycles. The van der Waals surface area contributed by atoms with E-state index in [0.29, 0.717) is 33.2 Å². The van der Waals surface area contributed by atoms with Crippen LogP contribution < -0.4 is 5.32 Å². The van der Waals surface area contributed by atoms with Crippen LogP contribution in [0.3, 0.4) is 0 Å². The van der Waals surface area contributed by atoms with Crippen LogP contribution in [-0.2, 0) is 11.3 Å². The first-order valence-corrected chi connectivity index (χ1v) is 6.07. The second-order valence-corrected chi connectivity index (χ2v) is 4.80. The molecule has 0 spiro atoms. The van der Waals surface area contributed by atoms with Crippen molar-refractivity contribution in [3.05, 3.63) is 22.3 Å². The van der Waals surface area contributed by atoms with Crippen molar-refractivity contribution in [1.29, 1.82) is 0 Å². The Morgan fingerprint density at radius 1 is 1.44 bits per heavy atom. The van der Waals surface area contributed by atoms with E-state index in [4.69, 9.17) is 5.11 Å². The second kappa shape index (κ2) is 3.89. The summed E-state index contributed by atoms with van der Waals surface area (Å²) in [5.41, 5.74) is 1.45. The fraction of sp³-hybridized carbons (Fsp3) is 0.182. The summed E-state index contributed by atoms with van der Waals surface area (Å²) < 4.78 is 2.24. The molecule has 92 valence electrons. The summed E-state index contributed by atoms with van der Waals surface area (Å²) in [6.45, 7) is 0.296. The monoisotopic (exact) mass is 309 g/mol. The highest BCUT2D eigenvalue weighted by atomic mass is 79.9. The molecular weight excluding hydrogens is 302 g/mol. The van der Waals surface area contributed by atoms with Gasteiger partial charge < -0.3 is 10.4 Å². The highest BCUT2D eigenvalue weighted by Gasteiger charge is 2.31. The lowest BCUT2D eigenvalue weighted by Gasteiger charge is -1.99. The van der Waals surface area contributed by atoms with Crippen LogP contribution in [0.5, 0.6) is 0 Å². The molecule has 2 heterocycles. The second-order valence-electron chi connectivity index (χ2n) is 3.94. The number of nitrogens with one attached hydrogen (secondary N) is 1. The van der Waals surface area contributed by atoms with Crippen LogP contribution in [0.2, 0.25) is 0 Å². The number of rotatable bonds is 2. The van der Waals surface area contributed by atoms with Gasteiger partial charge in [0.05, 0.1) is 24.4 Å². The Morgan fingerprint density at radius 2 is 2.22 bits per heavy atom. The molecule has 1 aromatic carbocycles. The molecule has 0 saturated carbocycles. The van der Waals surface area contributed by atoms with Crippen molar-refractivity contribution in [2.24, 2.45) is 0 Å². The highest BCUT2D eigenvalue weighted by Crippen LogP contribution is 2.35. The van der Waals surface area contributed by atoms with Gasteiger partial charge in [0.15, 0.2) is 0 Å². The number of aromatic nitrogens is 2. The van der Waals surface area contributed by atoms with Gasteiger partial charge in [0.25, 0.3) is 11.7 Å². The molecular formula is C11H8BrN3O3. The third-order valence-corrected chi connectivity index (χ3v) is 3.41. The van der Waals surface area contributed by atoms with Crippen molar-refractivity contribution in [3.8, 4) is 0 Å².